The van der Waals surface area contributed by atoms with Crippen LogP contribution in [-0.2, 0) is 16.9 Å². The van der Waals surface area contributed by atoms with Crippen LogP contribution in [0.3, 0.4) is 0 Å². The molecule has 2 bridgehead atoms. The number of esters is 1. The molecule has 3 aliphatic rings. The highest BCUT2D eigenvalue weighted by molar-refractivity contribution is 5.91. The highest BCUT2D eigenvalue weighted by Gasteiger charge is 2.60. The molecule has 0 radical (unpaired) electrons. The van der Waals surface area contributed by atoms with Crippen molar-refractivity contribution in [2.24, 2.45) is 0 Å². The van der Waals surface area contributed by atoms with Crippen molar-refractivity contribution in [1.29, 1.82) is 0 Å². The Hall–Kier alpha value is -7.47. The third-order valence-electron chi connectivity index (χ3n) is 9.76. The molecule has 284 valence electrons. The summed E-state index contributed by atoms with van der Waals surface area (Å²) in [5.41, 5.74) is -1.03. The van der Waals surface area contributed by atoms with Gasteiger partial charge in [0.25, 0.3) is 0 Å². The van der Waals surface area contributed by atoms with Gasteiger partial charge in [-0.05, 0) is 36.4 Å². The normalized spacial score (nSPS) is 21.8. The molecular formula is C37H28O18. The standard InChI is InChI=1S/C37H28O18/c38-14-7-17(40)27-24(8-14)54-37(13-5-22(45)32(49)23(46)6-13)35(50)29(27)28-25(55-37)10-16(39)15-9-26(52-36(51)12-3-20(43)31(48)21(44)4-12)33(53-34(15)28)11-1-18(41)30(47)19(42)2-11/h1-8,10,26,29,33,35,38-50H,9H2/t26-,29+,33-,35+,37-/m0/s1. The van der Waals surface area contributed by atoms with Gasteiger partial charge < -0.3 is 85.3 Å². The summed E-state index contributed by atoms with van der Waals surface area (Å²) in [5.74, 6) is -15.1. The summed E-state index contributed by atoms with van der Waals surface area (Å²) in [6.07, 6.45) is -5.31. The van der Waals surface area contributed by atoms with Crippen molar-refractivity contribution in [1.82, 2.24) is 0 Å². The van der Waals surface area contributed by atoms with Gasteiger partial charge in [0, 0.05) is 52.4 Å². The summed E-state index contributed by atoms with van der Waals surface area (Å²) < 4.78 is 24.5. The van der Waals surface area contributed by atoms with E-state index in [4.69, 9.17) is 18.9 Å². The van der Waals surface area contributed by atoms with Crippen LogP contribution in [-0.4, -0.2) is 84.6 Å². The molecule has 5 atom stereocenters. The van der Waals surface area contributed by atoms with Crippen molar-refractivity contribution >= 4 is 5.97 Å². The molecule has 0 aliphatic carbocycles. The minimum absolute atomic E-state index is 0.0518. The largest absolute Gasteiger partial charge is 0.508 e. The molecule has 0 aromatic heterocycles. The van der Waals surface area contributed by atoms with Crippen LogP contribution in [0, 0.1) is 0 Å². The molecule has 0 amide bonds. The second kappa shape index (κ2) is 11.8. The van der Waals surface area contributed by atoms with Crippen LogP contribution in [0.25, 0.3) is 0 Å². The zero-order chi connectivity index (χ0) is 39.4. The van der Waals surface area contributed by atoms with Crippen LogP contribution in [0.15, 0.2) is 54.6 Å². The third-order valence-corrected chi connectivity index (χ3v) is 9.76. The maximum Gasteiger partial charge on any atom is 0.338 e. The molecule has 5 aromatic rings. The highest BCUT2D eigenvalue weighted by atomic mass is 16.7. The molecule has 5 aromatic carbocycles. The van der Waals surface area contributed by atoms with Gasteiger partial charge in [-0.2, -0.15) is 0 Å². The van der Waals surface area contributed by atoms with E-state index < -0.39 is 117 Å². The van der Waals surface area contributed by atoms with E-state index >= 15 is 0 Å². The number of ether oxygens (including phenoxy) is 4. The first-order valence-electron chi connectivity index (χ1n) is 16.1. The van der Waals surface area contributed by atoms with Crippen LogP contribution in [0.5, 0.6) is 86.2 Å². The predicted molar refractivity (Wildman–Crippen MR) is 179 cm³/mol. The number of hydrogen-bond acceptors (Lipinski definition) is 18. The van der Waals surface area contributed by atoms with E-state index in [9.17, 15) is 71.2 Å². The fourth-order valence-electron chi connectivity index (χ4n) is 7.24. The van der Waals surface area contributed by atoms with Crippen molar-refractivity contribution in [3.8, 4) is 86.2 Å². The molecule has 13 N–H and O–H groups in total. The van der Waals surface area contributed by atoms with Crippen molar-refractivity contribution in [2.45, 2.75) is 36.4 Å². The Morgan fingerprint density at radius 3 is 1.73 bits per heavy atom. The lowest BCUT2D eigenvalue weighted by Crippen LogP contribution is -2.57. The summed E-state index contributed by atoms with van der Waals surface area (Å²) in [4.78, 5) is 13.4. The number of hydrogen-bond donors (Lipinski definition) is 13. The van der Waals surface area contributed by atoms with Crippen LogP contribution in [0.1, 0.15) is 50.2 Å². The predicted octanol–water partition coefficient (Wildman–Crippen LogP) is 3.19. The minimum atomic E-state index is -2.41. The fraction of sp³-hybridized carbons (Fsp3) is 0.162. The maximum absolute atomic E-state index is 13.4. The average molecular weight is 761 g/mol. The second-order valence-corrected chi connectivity index (χ2v) is 13.1. The number of carbonyl (C=O) groups excluding carboxylic acids is 1. The molecule has 3 heterocycles. The lowest BCUT2D eigenvalue weighted by molar-refractivity contribution is -0.219. The van der Waals surface area contributed by atoms with E-state index in [1.54, 1.807) is 0 Å². The van der Waals surface area contributed by atoms with Crippen LogP contribution >= 0.6 is 0 Å². The Balaban J connectivity index is 1.33. The number of fused-ring (bicyclic) bond motifs is 8. The first-order chi connectivity index (χ1) is 26.0. The quantitative estimate of drug-likeness (QED) is 0.0924. The monoisotopic (exact) mass is 760 g/mol. The summed E-state index contributed by atoms with van der Waals surface area (Å²) in [5, 5.41) is 137. The molecule has 0 saturated heterocycles. The lowest BCUT2D eigenvalue weighted by Gasteiger charge is -2.50. The van der Waals surface area contributed by atoms with Gasteiger partial charge in [0.05, 0.1) is 11.5 Å². The number of aromatic hydroxyl groups is 12. The number of aliphatic hydroxyl groups is 1. The number of phenols is 12. The van der Waals surface area contributed by atoms with Crippen molar-refractivity contribution in [3.63, 3.8) is 0 Å². The minimum Gasteiger partial charge on any atom is -0.508 e. The van der Waals surface area contributed by atoms with Gasteiger partial charge in [-0.1, -0.05) is 0 Å². The molecule has 0 unspecified atom stereocenters. The molecule has 0 fully saturated rings. The van der Waals surface area contributed by atoms with Gasteiger partial charge >= 0.3 is 11.8 Å². The van der Waals surface area contributed by atoms with Gasteiger partial charge in [0.2, 0.25) is 0 Å². The van der Waals surface area contributed by atoms with Gasteiger partial charge in [-0.3, -0.25) is 0 Å². The second-order valence-electron chi connectivity index (χ2n) is 13.1. The summed E-state index contributed by atoms with van der Waals surface area (Å²) in [6, 6.07) is 8.57. The van der Waals surface area contributed by atoms with E-state index in [0.717, 1.165) is 54.6 Å². The molecule has 3 aliphatic heterocycles. The summed E-state index contributed by atoms with van der Waals surface area (Å²) in [6.45, 7) is 0. The first kappa shape index (κ1) is 34.6. The fourth-order valence-corrected chi connectivity index (χ4v) is 7.24. The van der Waals surface area contributed by atoms with E-state index in [0.29, 0.717) is 0 Å². The van der Waals surface area contributed by atoms with E-state index in [1.807, 2.05) is 0 Å². The Bertz CT molecular complexity index is 2410. The van der Waals surface area contributed by atoms with Crippen LogP contribution in [0.4, 0.5) is 0 Å². The van der Waals surface area contributed by atoms with Crippen molar-refractivity contribution < 1.29 is 90.1 Å². The molecule has 8 rings (SSSR count). The zero-order valence-corrected chi connectivity index (χ0v) is 27.6. The van der Waals surface area contributed by atoms with E-state index in [2.05, 4.69) is 0 Å². The average Bonchev–Trinajstić information content (AvgIpc) is 3.11. The lowest BCUT2D eigenvalue weighted by atomic mass is 9.74. The highest BCUT2D eigenvalue weighted by Crippen LogP contribution is 2.63. The van der Waals surface area contributed by atoms with Gasteiger partial charge in [-0.15, -0.1) is 0 Å². The van der Waals surface area contributed by atoms with E-state index in [-0.39, 0.29) is 45.1 Å². The molecule has 18 nitrogen and oxygen atoms in total. The maximum atomic E-state index is 13.4. The molecule has 0 saturated carbocycles. The number of phenolic OH excluding ortho intramolecular Hbond substituents is 12. The topological polar surface area (TPSA) is 317 Å². The molecule has 18 heteroatoms. The third kappa shape index (κ3) is 5.10. The summed E-state index contributed by atoms with van der Waals surface area (Å²) >= 11 is 0. The van der Waals surface area contributed by atoms with Crippen molar-refractivity contribution in [2.75, 3.05) is 0 Å². The smallest absolute Gasteiger partial charge is 0.338 e. The van der Waals surface area contributed by atoms with E-state index in [1.165, 1.54) is 0 Å². The van der Waals surface area contributed by atoms with Crippen LogP contribution < -0.4 is 14.2 Å². The Labute approximate surface area is 306 Å². The van der Waals surface area contributed by atoms with Gasteiger partial charge in [-0.25, -0.2) is 4.79 Å². The number of rotatable bonds is 4. The molecule has 55 heavy (non-hydrogen) atoms. The van der Waals surface area contributed by atoms with Gasteiger partial charge in [0.1, 0.15) is 46.7 Å². The zero-order valence-electron chi connectivity index (χ0n) is 27.6. The Kier molecular flexibility index (Phi) is 7.41. The number of aliphatic hydroxyl groups excluding tert-OH is 1. The molecule has 0 spiro atoms. The SMILES string of the molecule is O=C(O[C@H]1Cc2c(O)cc3c(c2O[C@H]1c1cc(O)c(O)c(O)c1)[C@H]1c2c(O)cc(O)cc2O[C@@](c2cc(O)c(O)c(O)c2)(O3)[C@@H]1O)c1cc(O)c(O)c(O)c1. The first-order valence-corrected chi connectivity index (χ1v) is 16.1. The summed E-state index contributed by atoms with van der Waals surface area (Å²) in [7, 11) is 0. The van der Waals surface area contributed by atoms with Gasteiger partial charge in [0.15, 0.2) is 57.8 Å². The molecular weight excluding hydrogens is 732 g/mol. The van der Waals surface area contributed by atoms with Crippen molar-refractivity contribution in [3.05, 3.63) is 88.0 Å². The number of benzene rings is 5. The number of carbonyl (C=O) groups is 1. The Morgan fingerprint density at radius 2 is 1.15 bits per heavy atom. The van der Waals surface area contributed by atoms with Crippen LogP contribution in [0.2, 0.25) is 0 Å². The Morgan fingerprint density at radius 1 is 0.618 bits per heavy atom.